The second-order valence-electron chi connectivity index (χ2n) is 7.68. The largest absolute Gasteiger partial charge is 0.466 e. The van der Waals surface area contributed by atoms with E-state index in [0.717, 1.165) is 31.2 Å². The molecule has 8 heteroatoms. The second-order valence-corrected chi connectivity index (χ2v) is 7.68. The summed E-state index contributed by atoms with van der Waals surface area (Å²) in [6.45, 7) is 2.89. The van der Waals surface area contributed by atoms with Gasteiger partial charge in [-0.05, 0) is 38.2 Å². The molecule has 1 aliphatic carbocycles. The first-order valence-electron chi connectivity index (χ1n) is 10.9. The molecule has 1 fully saturated rings. The number of benzene rings is 1. The summed E-state index contributed by atoms with van der Waals surface area (Å²) in [6, 6.07) is 9.84. The van der Waals surface area contributed by atoms with Crippen molar-refractivity contribution < 1.29 is 28.6 Å². The van der Waals surface area contributed by atoms with E-state index in [2.05, 4.69) is 5.32 Å². The van der Waals surface area contributed by atoms with Gasteiger partial charge in [0, 0.05) is 19.6 Å². The van der Waals surface area contributed by atoms with Crippen LogP contribution in [0.1, 0.15) is 44.6 Å². The average molecular weight is 435 g/mol. The van der Waals surface area contributed by atoms with Crippen LogP contribution in [0.15, 0.2) is 30.3 Å². The van der Waals surface area contributed by atoms with Crippen LogP contribution in [-0.2, 0) is 35.2 Å². The molecule has 2 rings (SSSR count). The van der Waals surface area contributed by atoms with Crippen molar-refractivity contribution in [3.63, 3.8) is 0 Å². The molecule has 1 N–H and O–H groups in total. The molecule has 0 saturated heterocycles. The number of carbonyl (C=O) groups is 3. The van der Waals surface area contributed by atoms with Gasteiger partial charge in [0.15, 0.2) is 0 Å². The van der Waals surface area contributed by atoms with Gasteiger partial charge in [-0.1, -0.05) is 30.3 Å². The van der Waals surface area contributed by atoms with E-state index in [9.17, 15) is 14.4 Å². The quantitative estimate of drug-likeness (QED) is 0.503. The fourth-order valence-corrected chi connectivity index (χ4v) is 3.37. The summed E-state index contributed by atoms with van der Waals surface area (Å²) in [6.07, 6.45) is 3.63. The van der Waals surface area contributed by atoms with E-state index in [1.54, 1.807) is 14.0 Å². The number of esters is 2. The third-order valence-electron chi connectivity index (χ3n) is 5.28. The minimum absolute atomic E-state index is 0.00784. The molecular formula is C23H34N2O6. The third-order valence-corrected chi connectivity index (χ3v) is 5.28. The van der Waals surface area contributed by atoms with Gasteiger partial charge in [0.2, 0.25) is 5.91 Å². The molecule has 0 atom stereocenters. The first kappa shape index (κ1) is 24.8. The predicted molar refractivity (Wildman–Crippen MR) is 115 cm³/mol. The molecule has 1 saturated carbocycles. The van der Waals surface area contributed by atoms with Gasteiger partial charge in [-0.15, -0.1) is 0 Å². The lowest BCUT2D eigenvalue weighted by Crippen LogP contribution is -2.39. The highest BCUT2D eigenvalue weighted by Crippen LogP contribution is 2.21. The molecule has 1 aromatic carbocycles. The van der Waals surface area contributed by atoms with Crippen LogP contribution < -0.4 is 5.32 Å². The van der Waals surface area contributed by atoms with Crippen LogP contribution in [0.5, 0.6) is 0 Å². The van der Waals surface area contributed by atoms with Crippen LogP contribution in [-0.4, -0.2) is 68.2 Å². The SMILES string of the molecule is CCOC(=O)CCN(C)C(=O)COC1CCC(NCC(=O)OCc2ccccc2)CC1. The van der Waals surface area contributed by atoms with Gasteiger partial charge < -0.3 is 24.4 Å². The molecule has 1 aromatic rings. The normalized spacial score (nSPS) is 18.3. The Morgan fingerprint density at radius 1 is 1.03 bits per heavy atom. The average Bonchev–Trinajstić information content (AvgIpc) is 2.79. The van der Waals surface area contributed by atoms with Crippen molar-refractivity contribution in [1.82, 2.24) is 10.2 Å². The monoisotopic (exact) mass is 434 g/mol. The van der Waals surface area contributed by atoms with Gasteiger partial charge in [-0.3, -0.25) is 14.4 Å². The molecule has 0 spiro atoms. The highest BCUT2D eigenvalue weighted by molar-refractivity contribution is 5.78. The van der Waals surface area contributed by atoms with Crippen LogP contribution in [0.25, 0.3) is 0 Å². The fraction of sp³-hybridized carbons (Fsp3) is 0.609. The molecule has 1 amide bonds. The van der Waals surface area contributed by atoms with Gasteiger partial charge in [0.25, 0.3) is 0 Å². The summed E-state index contributed by atoms with van der Waals surface area (Å²) >= 11 is 0. The number of carbonyl (C=O) groups excluding carboxylic acids is 3. The molecule has 31 heavy (non-hydrogen) atoms. The number of rotatable bonds is 12. The molecule has 8 nitrogen and oxygen atoms in total. The van der Waals surface area contributed by atoms with E-state index in [1.165, 1.54) is 4.90 Å². The Morgan fingerprint density at radius 3 is 2.42 bits per heavy atom. The van der Waals surface area contributed by atoms with Crippen molar-refractivity contribution in [2.75, 3.05) is 33.4 Å². The molecule has 0 unspecified atom stereocenters. The topological polar surface area (TPSA) is 94.2 Å². The molecule has 0 radical (unpaired) electrons. The van der Waals surface area contributed by atoms with E-state index < -0.39 is 0 Å². The lowest BCUT2D eigenvalue weighted by Gasteiger charge is -2.29. The van der Waals surface area contributed by atoms with Crippen LogP contribution in [0, 0.1) is 0 Å². The summed E-state index contributed by atoms with van der Waals surface area (Å²) in [5, 5.41) is 3.25. The zero-order chi connectivity index (χ0) is 22.5. The fourth-order valence-electron chi connectivity index (χ4n) is 3.37. The van der Waals surface area contributed by atoms with Crippen LogP contribution in [0.3, 0.4) is 0 Å². The second kappa shape index (κ2) is 13.8. The van der Waals surface area contributed by atoms with E-state index in [0.29, 0.717) is 13.2 Å². The molecule has 0 aliphatic heterocycles. The molecule has 0 aromatic heterocycles. The Bertz CT molecular complexity index is 689. The van der Waals surface area contributed by atoms with Crippen molar-refractivity contribution in [3.05, 3.63) is 35.9 Å². The maximum Gasteiger partial charge on any atom is 0.320 e. The minimum atomic E-state index is -0.308. The van der Waals surface area contributed by atoms with E-state index >= 15 is 0 Å². The number of amides is 1. The smallest absolute Gasteiger partial charge is 0.320 e. The van der Waals surface area contributed by atoms with Crippen LogP contribution in [0.2, 0.25) is 0 Å². The highest BCUT2D eigenvalue weighted by atomic mass is 16.5. The van der Waals surface area contributed by atoms with Crippen molar-refractivity contribution in [2.24, 2.45) is 0 Å². The maximum atomic E-state index is 12.1. The molecule has 1 aliphatic rings. The van der Waals surface area contributed by atoms with E-state index in [-0.39, 0.29) is 56.2 Å². The Balaban J connectivity index is 1.55. The molecular weight excluding hydrogens is 400 g/mol. The van der Waals surface area contributed by atoms with Crippen molar-refractivity contribution in [2.45, 2.75) is 57.8 Å². The first-order chi connectivity index (χ1) is 15.0. The van der Waals surface area contributed by atoms with Gasteiger partial charge in [-0.25, -0.2) is 0 Å². The number of hydrogen-bond donors (Lipinski definition) is 1. The number of ether oxygens (including phenoxy) is 3. The third kappa shape index (κ3) is 9.93. The highest BCUT2D eigenvalue weighted by Gasteiger charge is 2.23. The molecule has 172 valence electrons. The maximum absolute atomic E-state index is 12.1. The Labute approximate surface area is 184 Å². The Kier molecular flexibility index (Phi) is 11.0. The lowest BCUT2D eigenvalue weighted by atomic mass is 9.93. The summed E-state index contributed by atoms with van der Waals surface area (Å²) in [7, 11) is 1.66. The lowest BCUT2D eigenvalue weighted by molar-refractivity contribution is -0.145. The van der Waals surface area contributed by atoms with Crippen molar-refractivity contribution >= 4 is 17.8 Å². The van der Waals surface area contributed by atoms with E-state index in [4.69, 9.17) is 14.2 Å². The summed E-state index contributed by atoms with van der Waals surface area (Å²) in [5.74, 6) is -0.720. The van der Waals surface area contributed by atoms with E-state index in [1.807, 2.05) is 30.3 Å². The zero-order valence-corrected chi connectivity index (χ0v) is 18.5. The summed E-state index contributed by atoms with van der Waals surface area (Å²) in [5.41, 5.74) is 0.967. The number of nitrogens with zero attached hydrogens (tertiary/aromatic N) is 1. The van der Waals surface area contributed by atoms with Gasteiger partial charge in [0.05, 0.1) is 25.7 Å². The Hall–Kier alpha value is -2.45. The molecule has 0 heterocycles. The van der Waals surface area contributed by atoms with Gasteiger partial charge in [0.1, 0.15) is 13.2 Å². The zero-order valence-electron chi connectivity index (χ0n) is 18.5. The standard InChI is InChI=1S/C23H34N2O6/c1-3-29-22(27)13-14-25(2)21(26)17-30-20-11-9-19(10-12-20)24-15-23(28)31-16-18-7-5-4-6-8-18/h4-8,19-20,24H,3,9-17H2,1-2H3. The number of likely N-dealkylation sites (N-methyl/N-ethyl adjacent to an activating group) is 1. The predicted octanol–water partition coefficient (Wildman–Crippen LogP) is 2.06. The van der Waals surface area contributed by atoms with Crippen molar-refractivity contribution in [3.8, 4) is 0 Å². The van der Waals surface area contributed by atoms with Crippen molar-refractivity contribution in [1.29, 1.82) is 0 Å². The number of nitrogens with one attached hydrogen (secondary N) is 1. The number of hydrogen-bond acceptors (Lipinski definition) is 7. The Morgan fingerprint density at radius 2 is 1.74 bits per heavy atom. The van der Waals surface area contributed by atoms with Gasteiger partial charge >= 0.3 is 11.9 Å². The van der Waals surface area contributed by atoms with Crippen LogP contribution in [0.4, 0.5) is 0 Å². The first-order valence-corrected chi connectivity index (χ1v) is 10.9. The molecule has 0 bridgehead atoms. The van der Waals surface area contributed by atoms with Gasteiger partial charge in [-0.2, -0.15) is 0 Å². The summed E-state index contributed by atoms with van der Waals surface area (Å²) in [4.78, 5) is 36.9. The minimum Gasteiger partial charge on any atom is -0.466 e. The summed E-state index contributed by atoms with van der Waals surface area (Å²) < 4.78 is 15.9. The van der Waals surface area contributed by atoms with Crippen LogP contribution >= 0.6 is 0 Å².